The maximum Gasteiger partial charge on any atom is 0.284 e. The second kappa shape index (κ2) is 7.48. The smallest absolute Gasteiger partial charge is 0.284 e. The van der Waals surface area contributed by atoms with Gasteiger partial charge in [0.2, 0.25) is 5.91 Å². The van der Waals surface area contributed by atoms with Crippen molar-refractivity contribution in [1.29, 1.82) is 0 Å². The molecule has 5 rings (SSSR count). The Labute approximate surface area is 186 Å². The van der Waals surface area contributed by atoms with Crippen LogP contribution in [0.5, 0.6) is 5.75 Å². The lowest BCUT2D eigenvalue weighted by atomic mass is 10.00. The molecule has 1 N–H and O–H groups in total. The van der Waals surface area contributed by atoms with Crippen molar-refractivity contribution in [3.8, 4) is 17.0 Å². The molecule has 168 valence electrons. The Kier molecular flexibility index (Phi) is 4.97. The van der Waals surface area contributed by atoms with Gasteiger partial charge in [-0.1, -0.05) is 9.24 Å². The molecule has 2 aromatic heterocycles. The molecule has 2 aliphatic rings. The molecule has 2 unspecified atom stereocenters. The Hall–Kier alpha value is -2.60. The maximum atomic E-state index is 13.7. The number of carbonyl (C=O) groups excluding carboxylic acids is 1. The number of hydrogen-bond donors (Lipinski definition) is 1. The van der Waals surface area contributed by atoms with Gasteiger partial charge in [0.1, 0.15) is 5.75 Å². The number of likely N-dealkylation sites (tertiary alicyclic amines) is 1. The highest BCUT2D eigenvalue weighted by molar-refractivity contribution is 7.17. The molecule has 1 saturated heterocycles. The highest BCUT2D eigenvalue weighted by Gasteiger charge is 2.39. The van der Waals surface area contributed by atoms with Gasteiger partial charge < -0.3 is 10.0 Å². The first kappa shape index (κ1) is 21.3. The average molecular weight is 458 g/mol. The molecule has 1 aliphatic heterocycles. The highest BCUT2D eigenvalue weighted by atomic mass is 31.0. The van der Waals surface area contributed by atoms with E-state index in [1.807, 2.05) is 22.6 Å². The summed E-state index contributed by atoms with van der Waals surface area (Å²) in [5.41, 5.74) is -0.489. The second-order valence-corrected chi connectivity index (χ2v) is 9.72. The van der Waals surface area contributed by atoms with E-state index in [1.165, 1.54) is 15.3 Å². The van der Waals surface area contributed by atoms with E-state index >= 15 is 0 Å². The SMILES string of the molecule is Cc1cc(C(F)(F)P)cc(O)c1-c1ccc2c(C)n(CC3CC(=O)N(C4CC4)C3)nc2n1. The van der Waals surface area contributed by atoms with Crippen LogP contribution >= 0.6 is 9.24 Å². The fourth-order valence-corrected chi connectivity index (χ4v) is 4.83. The van der Waals surface area contributed by atoms with E-state index in [0.29, 0.717) is 41.5 Å². The summed E-state index contributed by atoms with van der Waals surface area (Å²) in [4.78, 5) is 18.9. The first-order valence-electron chi connectivity index (χ1n) is 10.8. The zero-order chi connectivity index (χ0) is 22.8. The van der Waals surface area contributed by atoms with Crippen LogP contribution in [-0.4, -0.2) is 43.3 Å². The molecule has 1 amide bonds. The molecule has 1 aliphatic carbocycles. The van der Waals surface area contributed by atoms with E-state index in [4.69, 9.17) is 0 Å². The van der Waals surface area contributed by atoms with Crippen molar-refractivity contribution in [2.45, 2.75) is 51.4 Å². The fourth-order valence-electron chi connectivity index (χ4n) is 4.66. The van der Waals surface area contributed by atoms with Gasteiger partial charge >= 0.3 is 0 Å². The van der Waals surface area contributed by atoms with Crippen molar-refractivity contribution in [3.63, 3.8) is 0 Å². The Morgan fingerprint density at radius 3 is 2.66 bits per heavy atom. The largest absolute Gasteiger partial charge is 0.507 e. The molecule has 2 atom stereocenters. The first-order chi connectivity index (χ1) is 15.1. The molecule has 3 heterocycles. The number of nitrogens with zero attached hydrogens (tertiary/aromatic N) is 4. The molecule has 0 spiro atoms. The predicted molar refractivity (Wildman–Crippen MR) is 121 cm³/mol. The topological polar surface area (TPSA) is 71.2 Å². The number of halogens is 2. The standard InChI is InChI=1S/C23H25F2N4O2P/c1-12-7-15(23(24,25)32)9-19(30)21(12)18-6-5-17-13(2)29(27-22(17)26-18)11-14-8-20(31)28(10-14)16-3-4-16/h5-7,9,14,16,30H,3-4,8,10-11,32H2,1-2H3. The van der Waals surface area contributed by atoms with Gasteiger partial charge in [-0.05, 0) is 56.5 Å². The number of alkyl halides is 2. The van der Waals surface area contributed by atoms with Gasteiger partial charge in [-0.25, -0.2) is 4.98 Å². The summed E-state index contributed by atoms with van der Waals surface area (Å²) in [6, 6.07) is 6.54. The number of aromatic hydroxyl groups is 1. The monoisotopic (exact) mass is 458 g/mol. The minimum Gasteiger partial charge on any atom is -0.507 e. The summed E-state index contributed by atoms with van der Waals surface area (Å²) < 4.78 is 29.2. The van der Waals surface area contributed by atoms with E-state index in [1.54, 1.807) is 13.0 Å². The summed E-state index contributed by atoms with van der Waals surface area (Å²) in [7, 11) is 1.49. The third-order valence-corrected chi connectivity index (χ3v) is 6.81. The van der Waals surface area contributed by atoms with Gasteiger partial charge in [-0.15, -0.1) is 0 Å². The molecule has 32 heavy (non-hydrogen) atoms. The molecule has 1 saturated carbocycles. The third kappa shape index (κ3) is 3.75. The summed E-state index contributed by atoms with van der Waals surface area (Å²) in [5.74, 6) is 0.218. The summed E-state index contributed by atoms with van der Waals surface area (Å²) in [6.45, 7) is 5.07. The molecule has 6 nitrogen and oxygen atoms in total. The zero-order valence-corrected chi connectivity index (χ0v) is 19.1. The van der Waals surface area contributed by atoms with E-state index in [-0.39, 0.29) is 23.1 Å². The summed E-state index contributed by atoms with van der Waals surface area (Å²) in [6.07, 6.45) is 2.76. The molecule has 0 radical (unpaired) electrons. The number of pyridine rings is 1. The number of phenols is 1. The molecular weight excluding hydrogens is 433 g/mol. The average Bonchev–Trinajstić information content (AvgIpc) is 3.42. The number of hydrogen-bond acceptors (Lipinski definition) is 4. The van der Waals surface area contributed by atoms with Gasteiger partial charge in [0.15, 0.2) is 5.65 Å². The van der Waals surface area contributed by atoms with Gasteiger partial charge in [0, 0.05) is 53.7 Å². The number of phenolic OH excluding ortho intramolecular Hbond substituents is 1. The molecule has 1 aromatic carbocycles. The summed E-state index contributed by atoms with van der Waals surface area (Å²) >= 11 is 0. The van der Waals surface area contributed by atoms with Crippen molar-refractivity contribution in [2.24, 2.45) is 5.92 Å². The Morgan fingerprint density at radius 1 is 1.25 bits per heavy atom. The number of amides is 1. The van der Waals surface area contributed by atoms with Crippen LogP contribution in [0.3, 0.4) is 0 Å². The van der Waals surface area contributed by atoms with Crippen LogP contribution in [0.1, 0.15) is 36.1 Å². The third-order valence-electron chi connectivity index (χ3n) is 6.48. The van der Waals surface area contributed by atoms with Crippen LogP contribution in [-0.2, 0) is 17.0 Å². The number of carbonyl (C=O) groups is 1. The van der Waals surface area contributed by atoms with Crippen LogP contribution in [0.25, 0.3) is 22.3 Å². The number of rotatable bonds is 5. The fraction of sp³-hybridized carbons (Fsp3) is 0.435. The number of aromatic nitrogens is 3. The van der Waals surface area contributed by atoms with Crippen LogP contribution in [0.4, 0.5) is 8.78 Å². The number of fused-ring (bicyclic) bond motifs is 1. The highest BCUT2D eigenvalue weighted by Crippen LogP contribution is 2.41. The number of benzene rings is 1. The van der Waals surface area contributed by atoms with Crippen molar-refractivity contribution >= 4 is 26.2 Å². The Morgan fingerprint density at radius 2 is 2.00 bits per heavy atom. The Bertz CT molecular complexity index is 1210. The molecular formula is C23H25F2N4O2P. The lowest BCUT2D eigenvalue weighted by molar-refractivity contribution is -0.128. The van der Waals surface area contributed by atoms with Gasteiger partial charge in [0.25, 0.3) is 5.66 Å². The zero-order valence-electron chi connectivity index (χ0n) is 18.0. The lowest BCUT2D eigenvalue weighted by Crippen LogP contribution is -2.27. The number of aryl methyl sites for hydroxylation is 2. The molecule has 9 heteroatoms. The predicted octanol–water partition coefficient (Wildman–Crippen LogP) is 4.36. The van der Waals surface area contributed by atoms with E-state index in [0.717, 1.165) is 36.5 Å². The van der Waals surface area contributed by atoms with Crippen molar-refractivity contribution in [3.05, 3.63) is 41.1 Å². The Balaban J connectivity index is 1.45. The summed E-state index contributed by atoms with van der Waals surface area (Å²) in [5, 5.41) is 16.0. The normalized spacial score (nSPS) is 19.3. The van der Waals surface area contributed by atoms with Gasteiger partial charge in [-0.3, -0.25) is 9.48 Å². The van der Waals surface area contributed by atoms with Gasteiger partial charge in [-0.2, -0.15) is 13.9 Å². The maximum absolute atomic E-state index is 13.7. The quantitative estimate of drug-likeness (QED) is 0.577. The lowest BCUT2D eigenvalue weighted by Gasteiger charge is -2.15. The van der Waals surface area contributed by atoms with E-state index in [2.05, 4.69) is 10.1 Å². The van der Waals surface area contributed by atoms with Crippen LogP contribution in [0.15, 0.2) is 24.3 Å². The molecule has 2 fully saturated rings. The minimum absolute atomic E-state index is 0.225. The van der Waals surface area contributed by atoms with Crippen molar-refractivity contribution < 1.29 is 18.7 Å². The molecule has 3 aromatic rings. The van der Waals surface area contributed by atoms with Crippen molar-refractivity contribution in [1.82, 2.24) is 19.7 Å². The van der Waals surface area contributed by atoms with Crippen LogP contribution in [0.2, 0.25) is 0 Å². The van der Waals surface area contributed by atoms with E-state index < -0.39 is 5.66 Å². The minimum atomic E-state index is -3.12. The molecule has 0 bridgehead atoms. The van der Waals surface area contributed by atoms with Crippen LogP contribution in [0, 0.1) is 19.8 Å². The van der Waals surface area contributed by atoms with Gasteiger partial charge in [0.05, 0.1) is 5.69 Å². The first-order valence-corrected chi connectivity index (χ1v) is 11.3. The van der Waals surface area contributed by atoms with E-state index in [9.17, 15) is 18.7 Å². The van der Waals surface area contributed by atoms with Crippen LogP contribution < -0.4 is 0 Å². The van der Waals surface area contributed by atoms with Crippen molar-refractivity contribution in [2.75, 3.05) is 6.54 Å². The second-order valence-electron chi connectivity index (χ2n) is 8.99.